The molecular weight excluding hydrogens is 340 g/mol. The van der Waals surface area contributed by atoms with Gasteiger partial charge >= 0.3 is 0 Å². The zero-order valence-corrected chi connectivity index (χ0v) is 15.8. The topological polar surface area (TPSA) is 67.4 Å². The lowest BCUT2D eigenvalue weighted by Crippen LogP contribution is -2.42. The number of hydrogen-bond acceptors (Lipinski definition) is 3. The largest absolute Gasteiger partial charge is 0.370 e. The predicted molar refractivity (Wildman–Crippen MR) is 105 cm³/mol. The molecular formula is C22H26N2O3. The van der Waals surface area contributed by atoms with E-state index in [4.69, 9.17) is 4.74 Å². The number of carbonyl (C=O) groups is 2. The smallest absolute Gasteiger partial charge is 0.221 e. The molecule has 1 aliphatic rings. The molecule has 2 aromatic rings. The zero-order valence-electron chi connectivity index (χ0n) is 15.8. The van der Waals surface area contributed by atoms with Crippen molar-refractivity contribution in [2.75, 3.05) is 5.32 Å². The Morgan fingerprint density at radius 1 is 0.963 bits per heavy atom. The van der Waals surface area contributed by atoms with E-state index in [1.807, 2.05) is 42.5 Å². The number of hydrogen-bond donors (Lipinski definition) is 2. The first-order valence-electron chi connectivity index (χ1n) is 9.33. The number of carbonyl (C=O) groups excluding carboxylic acids is 2. The molecule has 0 radical (unpaired) electrons. The Kier molecular flexibility index (Phi) is 6.24. The summed E-state index contributed by atoms with van der Waals surface area (Å²) < 4.78 is 6.37. The van der Waals surface area contributed by atoms with Crippen molar-refractivity contribution in [2.45, 2.75) is 51.4 Å². The van der Waals surface area contributed by atoms with Gasteiger partial charge in [-0.15, -0.1) is 0 Å². The average molecular weight is 366 g/mol. The highest BCUT2D eigenvalue weighted by molar-refractivity contribution is 5.88. The molecule has 3 atom stereocenters. The van der Waals surface area contributed by atoms with Crippen LogP contribution in [0.25, 0.3) is 0 Å². The van der Waals surface area contributed by atoms with Crippen molar-refractivity contribution in [2.24, 2.45) is 0 Å². The monoisotopic (exact) mass is 366 g/mol. The Balaban J connectivity index is 1.74. The summed E-state index contributed by atoms with van der Waals surface area (Å²) in [6.45, 7) is 3.04. The van der Waals surface area contributed by atoms with Crippen LogP contribution in [0.1, 0.15) is 43.9 Å². The molecule has 1 heterocycles. The lowest BCUT2D eigenvalue weighted by Gasteiger charge is -2.36. The van der Waals surface area contributed by atoms with Gasteiger partial charge < -0.3 is 15.4 Å². The first-order valence-corrected chi connectivity index (χ1v) is 9.33. The Labute approximate surface area is 160 Å². The summed E-state index contributed by atoms with van der Waals surface area (Å²) in [7, 11) is 0. The maximum Gasteiger partial charge on any atom is 0.221 e. The molecule has 2 N–H and O–H groups in total. The SMILES string of the molecule is CC(=O)Nc1ccc([C@H]2C[C@@H](NC(C)=O)C[C@@H](Cc3ccccc3)O2)cc1. The van der Waals surface area contributed by atoms with E-state index in [-0.39, 0.29) is 30.1 Å². The van der Waals surface area contributed by atoms with Crippen molar-refractivity contribution in [3.8, 4) is 0 Å². The fourth-order valence-corrected chi connectivity index (χ4v) is 3.63. The van der Waals surface area contributed by atoms with E-state index in [0.717, 1.165) is 30.5 Å². The minimum Gasteiger partial charge on any atom is -0.370 e. The fourth-order valence-electron chi connectivity index (χ4n) is 3.63. The van der Waals surface area contributed by atoms with Gasteiger partial charge in [0.25, 0.3) is 0 Å². The van der Waals surface area contributed by atoms with Crippen LogP contribution in [0.2, 0.25) is 0 Å². The third kappa shape index (κ3) is 5.66. The van der Waals surface area contributed by atoms with Crippen LogP contribution in [0.4, 0.5) is 5.69 Å². The summed E-state index contributed by atoms with van der Waals surface area (Å²) in [5.41, 5.74) is 3.05. The maximum absolute atomic E-state index is 11.6. The van der Waals surface area contributed by atoms with Crippen LogP contribution in [0.5, 0.6) is 0 Å². The summed E-state index contributed by atoms with van der Waals surface area (Å²) in [4.78, 5) is 22.8. The first kappa shape index (κ1) is 19.1. The molecule has 0 aromatic heterocycles. The minimum atomic E-state index is -0.0923. The van der Waals surface area contributed by atoms with Crippen molar-refractivity contribution in [1.29, 1.82) is 0 Å². The van der Waals surface area contributed by atoms with Crippen molar-refractivity contribution < 1.29 is 14.3 Å². The standard InChI is InChI=1S/C22H26N2O3/c1-15(25)23-19-10-8-18(9-11-19)22-14-20(24-16(2)26)13-21(27-22)12-17-6-4-3-5-7-17/h3-11,20-22H,12-14H2,1-2H3,(H,23,25)(H,24,26)/t20-,21+,22+/m0/s1. The number of rotatable bonds is 5. The third-order valence-corrected chi connectivity index (χ3v) is 4.72. The Bertz CT molecular complexity index is 774. The van der Waals surface area contributed by atoms with Crippen LogP contribution in [0.3, 0.4) is 0 Å². The Morgan fingerprint density at radius 2 is 1.67 bits per heavy atom. The number of benzene rings is 2. The van der Waals surface area contributed by atoms with Gasteiger partial charge in [-0.25, -0.2) is 0 Å². The molecule has 2 aromatic carbocycles. The molecule has 0 unspecified atom stereocenters. The number of anilines is 1. The van der Waals surface area contributed by atoms with E-state index in [9.17, 15) is 9.59 Å². The molecule has 0 aliphatic carbocycles. The molecule has 1 fully saturated rings. The molecule has 1 saturated heterocycles. The second-order valence-electron chi connectivity index (χ2n) is 7.11. The van der Waals surface area contributed by atoms with Crippen LogP contribution in [0, 0.1) is 0 Å². The molecule has 1 aliphatic heterocycles. The molecule has 0 bridgehead atoms. The van der Waals surface area contributed by atoms with Gasteiger partial charge in [0.1, 0.15) is 0 Å². The molecule has 2 amide bonds. The zero-order chi connectivity index (χ0) is 19.2. The quantitative estimate of drug-likeness (QED) is 0.849. The molecule has 0 spiro atoms. The van der Waals surface area contributed by atoms with Crippen LogP contribution >= 0.6 is 0 Å². The highest BCUT2D eigenvalue weighted by Crippen LogP contribution is 2.33. The van der Waals surface area contributed by atoms with Crippen molar-refractivity contribution in [3.05, 3.63) is 65.7 Å². The Hall–Kier alpha value is -2.66. The second-order valence-corrected chi connectivity index (χ2v) is 7.11. The molecule has 5 nitrogen and oxygen atoms in total. The van der Waals surface area contributed by atoms with Gasteiger partial charge in [0.05, 0.1) is 12.2 Å². The average Bonchev–Trinajstić information content (AvgIpc) is 2.62. The van der Waals surface area contributed by atoms with Crippen molar-refractivity contribution in [3.63, 3.8) is 0 Å². The van der Waals surface area contributed by atoms with Crippen LogP contribution in [-0.4, -0.2) is 24.0 Å². The van der Waals surface area contributed by atoms with E-state index in [1.54, 1.807) is 6.92 Å². The van der Waals surface area contributed by atoms with Gasteiger partial charge in [0.15, 0.2) is 0 Å². The molecule has 0 saturated carbocycles. The second kappa shape index (κ2) is 8.82. The number of amides is 2. The lowest BCUT2D eigenvalue weighted by molar-refractivity contribution is -0.122. The van der Waals surface area contributed by atoms with E-state index in [0.29, 0.717) is 0 Å². The lowest BCUT2D eigenvalue weighted by atomic mass is 9.91. The summed E-state index contributed by atoms with van der Waals surface area (Å²) in [6.07, 6.45) is 2.31. The number of nitrogens with one attached hydrogen (secondary N) is 2. The van der Waals surface area contributed by atoms with E-state index in [2.05, 4.69) is 22.8 Å². The first-order chi connectivity index (χ1) is 13.0. The van der Waals surface area contributed by atoms with Crippen molar-refractivity contribution in [1.82, 2.24) is 5.32 Å². The van der Waals surface area contributed by atoms with Gasteiger partial charge in [-0.1, -0.05) is 42.5 Å². The molecule has 3 rings (SSSR count). The molecule has 142 valence electrons. The summed E-state index contributed by atoms with van der Waals surface area (Å²) in [5.74, 6) is -0.106. The van der Waals surface area contributed by atoms with Crippen molar-refractivity contribution >= 4 is 17.5 Å². The summed E-state index contributed by atoms with van der Waals surface area (Å²) in [5, 5.41) is 5.83. The van der Waals surface area contributed by atoms with Gasteiger partial charge in [0.2, 0.25) is 11.8 Å². The Morgan fingerprint density at radius 3 is 2.30 bits per heavy atom. The van der Waals surface area contributed by atoms with Gasteiger partial charge in [-0.3, -0.25) is 9.59 Å². The van der Waals surface area contributed by atoms with Crippen LogP contribution in [-0.2, 0) is 20.7 Å². The van der Waals surface area contributed by atoms with E-state index >= 15 is 0 Å². The highest BCUT2D eigenvalue weighted by atomic mass is 16.5. The van der Waals surface area contributed by atoms with Crippen LogP contribution in [0.15, 0.2) is 54.6 Å². The van der Waals surface area contributed by atoms with Gasteiger partial charge in [-0.05, 0) is 42.5 Å². The van der Waals surface area contributed by atoms with E-state index < -0.39 is 0 Å². The number of ether oxygens (including phenoxy) is 1. The van der Waals surface area contributed by atoms with Crippen LogP contribution < -0.4 is 10.6 Å². The summed E-state index contributed by atoms with van der Waals surface area (Å²) in [6, 6.07) is 18.1. The van der Waals surface area contributed by atoms with E-state index in [1.165, 1.54) is 12.5 Å². The highest BCUT2D eigenvalue weighted by Gasteiger charge is 2.31. The normalized spacial score (nSPS) is 22.1. The summed E-state index contributed by atoms with van der Waals surface area (Å²) >= 11 is 0. The van der Waals surface area contributed by atoms with Gasteiger partial charge in [0, 0.05) is 25.6 Å². The minimum absolute atomic E-state index is 0.0138. The maximum atomic E-state index is 11.6. The predicted octanol–water partition coefficient (Wildman–Crippen LogP) is 3.61. The molecule has 27 heavy (non-hydrogen) atoms. The third-order valence-electron chi connectivity index (χ3n) is 4.72. The fraction of sp³-hybridized carbons (Fsp3) is 0.364. The molecule has 5 heteroatoms. The van der Waals surface area contributed by atoms with Gasteiger partial charge in [-0.2, -0.15) is 0 Å².